The Hall–Kier alpha value is -0.560. The largest absolute Gasteiger partial charge is 0.387 e. The van der Waals surface area contributed by atoms with E-state index >= 15 is 0 Å². The van der Waals surface area contributed by atoms with Crippen LogP contribution in [0.25, 0.3) is 0 Å². The lowest BCUT2D eigenvalue weighted by atomic mass is 9.68. The summed E-state index contributed by atoms with van der Waals surface area (Å²) in [5.41, 5.74) is 0.0411. The van der Waals surface area contributed by atoms with Crippen LogP contribution in [-0.2, 0) is 0 Å². The Balaban J connectivity index is 1.99. The zero-order chi connectivity index (χ0) is 13.6. The van der Waals surface area contributed by atoms with Crippen molar-refractivity contribution in [3.63, 3.8) is 0 Å². The van der Waals surface area contributed by atoms with Crippen LogP contribution in [-0.4, -0.2) is 5.11 Å². The lowest BCUT2D eigenvalue weighted by Crippen LogP contribution is -2.33. The van der Waals surface area contributed by atoms with E-state index in [1.165, 1.54) is 6.42 Å². The van der Waals surface area contributed by atoms with Gasteiger partial charge in [0.2, 0.25) is 0 Å². The summed E-state index contributed by atoms with van der Waals surface area (Å²) in [4.78, 5) is 0. The first-order chi connectivity index (χ1) is 9.06. The molecule has 0 spiro atoms. The summed E-state index contributed by atoms with van der Waals surface area (Å²) in [6.45, 7) is 0. The van der Waals surface area contributed by atoms with Gasteiger partial charge in [0, 0.05) is 15.1 Å². The average molecular weight is 341 g/mol. The molecule has 0 radical (unpaired) electrons. The van der Waals surface area contributed by atoms with E-state index < -0.39 is 11.5 Å². The number of aliphatic hydroxyl groups is 1. The molecule has 0 aromatic heterocycles. The Labute approximate surface area is 126 Å². The number of nitrogens with zero attached hydrogens (tertiary/aromatic N) is 1. The molecule has 2 aliphatic carbocycles. The molecule has 2 nitrogen and oxygen atoms in total. The molecule has 2 aliphatic rings. The molecule has 1 N–H and O–H groups in total. The van der Waals surface area contributed by atoms with Gasteiger partial charge in [-0.15, -0.1) is 0 Å². The van der Waals surface area contributed by atoms with E-state index in [1.54, 1.807) is 6.07 Å². The van der Waals surface area contributed by atoms with Gasteiger partial charge >= 0.3 is 0 Å². The van der Waals surface area contributed by atoms with E-state index in [-0.39, 0.29) is 0 Å². The van der Waals surface area contributed by atoms with Gasteiger partial charge in [0.25, 0.3) is 0 Å². The minimum absolute atomic E-state index is 0.317. The number of benzene rings is 1. The lowest BCUT2D eigenvalue weighted by Gasteiger charge is -2.36. The summed E-state index contributed by atoms with van der Waals surface area (Å²) in [7, 11) is 0. The maximum atomic E-state index is 10.7. The molecule has 1 aromatic rings. The van der Waals surface area contributed by atoms with E-state index in [0.29, 0.717) is 22.4 Å². The highest BCUT2D eigenvalue weighted by Gasteiger charge is 2.56. The van der Waals surface area contributed by atoms with E-state index in [0.717, 1.165) is 23.7 Å². The van der Waals surface area contributed by atoms with Crippen LogP contribution in [0.3, 0.4) is 0 Å². The number of halogens is 2. The quantitative estimate of drug-likeness (QED) is 0.863. The average Bonchev–Trinajstić information content (AvgIpc) is 2.98. The maximum Gasteiger partial charge on any atom is 0.0993 e. The number of aliphatic hydroxyl groups excluding tert-OH is 1. The van der Waals surface area contributed by atoms with Crippen molar-refractivity contribution in [3.05, 3.63) is 33.3 Å². The molecule has 19 heavy (non-hydrogen) atoms. The Bertz CT molecular complexity index is 556. The number of hydrogen-bond acceptors (Lipinski definition) is 2. The number of rotatable bonds is 2. The van der Waals surface area contributed by atoms with Crippen molar-refractivity contribution in [2.24, 2.45) is 17.3 Å². The third-order valence-corrected chi connectivity index (χ3v) is 5.67. The summed E-state index contributed by atoms with van der Waals surface area (Å²) in [5.74, 6) is 0.922. The van der Waals surface area contributed by atoms with Crippen molar-refractivity contribution in [2.45, 2.75) is 31.8 Å². The van der Waals surface area contributed by atoms with Crippen LogP contribution in [0, 0.1) is 28.6 Å². The van der Waals surface area contributed by atoms with E-state index in [4.69, 9.17) is 11.6 Å². The molecule has 2 fully saturated rings. The molecular formula is C15H15BrClNO. The lowest BCUT2D eigenvalue weighted by molar-refractivity contribution is 0.0234. The van der Waals surface area contributed by atoms with Crippen molar-refractivity contribution in [1.29, 1.82) is 5.26 Å². The van der Waals surface area contributed by atoms with Crippen LogP contribution in [0.2, 0.25) is 5.02 Å². The molecule has 3 rings (SSSR count). The molecule has 4 atom stereocenters. The Morgan fingerprint density at radius 2 is 2.26 bits per heavy atom. The van der Waals surface area contributed by atoms with Crippen LogP contribution in [0.4, 0.5) is 0 Å². The standard InChI is InChI=1S/C15H15BrClNO/c16-11-3-4-12(13(17)6-11)14(19)15(8-18)7-9-1-2-10(15)5-9/h3-4,6,9-10,14,19H,1-2,5,7H2. The van der Waals surface area contributed by atoms with Crippen LogP contribution in [0.5, 0.6) is 0 Å². The van der Waals surface area contributed by atoms with Gasteiger partial charge in [0.1, 0.15) is 0 Å². The zero-order valence-corrected chi connectivity index (χ0v) is 12.8. The predicted molar refractivity (Wildman–Crippen MR) is 77.6 cm³/mol. The van der Waals surface area contributed by atoms with Crippen LogP contribution < -0.4 is 0 Å². The molecule has 100 valence electrons. The van der Waals surface area contributed by atoms with Gasteiger partial charge < -0.3 is 5.11 Å². The minimum Gasteiger partial charge on any atom is -0.387 e. The van der Waals surface area contributed by atoms with Crippen molar-refractivity contribution in [1.82, 2.24) is 0 Å². The van der Waals surface area contributed by atoms with Crippen molar-refractivity contribution >= 4 is 27.5 Å². The summed E-state index contributed by atoms with van der Waals surface area (Å²) in [6.07, 6.45) is 3.37. The van der Waals surface area contributed by atoms with Crippen molar-refractivity contribution < 1.29 is 5.11 Å². The van der Waals surface area contributed by atoms with Gasteiger partial charge in [-0.2, -0.15) is 5.26 Å². The molecule has 4 heteroatoms. The van der Waals surface area contributed by atoms with Gasteiger partial charge in [0.05, 0.1) is 17.6 Å². The fourth-order valence-electron chi connectivity index (χ4n) is 3.91. The molecule has 0 heterocycles. The second-order valence-electron chi connectivity index (χ2n) is 5.80. The predicted octanol–water partition coefficient (Wildman–Crippen LogP) is 4.47. The normalized spacial score (nSPS) is 34.2. The van der Waals surface area contributed by atoms with Crippen LogP contribution in [0.15, 0.2) is 22.7 Å². The van der Waals surface area contributed by atoms with Crippen molar-refractivity contribution in [2.75, 3.05) is 0 Å². The Morgan fingerprint density at radius 1 is 1.47 bits per heavy atom. The molecule has 2 bridgehead atoms. The highest BCUT2D eigenvalue weighted by Crippen LogP contribution is 2.61. The first-order valence-electron chi connectivity index (χ1n) is 6.61. The van der Waals surface area contributed by atoms with Gasteiger partial charge in [-0.25, -0.2) is 0 Å². The topological polar surface area (TPSA) is 44.0 Å². The van der Waals surface area contributed by atoms with Crippen LogP contribution in [0.1, 0.15) is 37.4 Å². The van der Waals surface area contributed by atoms with Gasteiger partial charge in [-0.3, -0.25) is 0 Å². The smallest absolute Gasteiger partial charge is 0.0993 e. The zero-order valence-electron chi connectivity index (χ0n) is 10.4. The first-order valence-corrected chi connectivity index (χ1v) is 7.78. The van der Waals surface area contributed by atoms with E-state index in [1.807, 2.05) is 12.1 Å². The Morgan fingerprint density at radius 3 is 2.79 bits per heavy atom. The highest BCUT2D eigenvalue weighted by atomic mass is 79.9. The molecule has 0 saturated heterocycles. The fraction of sp³-hybridized carbons (Fsp3) is 0.533. The number of nitriles is 1. The third kappa shape index (κ3) is 2.01. The number of hydrogen-bond donors (Lipinski definition) is 1. The summed E-state index contributed by atoms with van der Waals surface area (Å²) >= 11 is 9.59. The molecule has 0 amide bonds. The van der Waals surface area contributed by atoms with Crippen molar-refractivity contribution in [3.8, 4) is 6.07 Å². The van der Waals surface area contributed by atoms with E-state index in [9.17, 15) is 10.4 Å². The summed E-state index contributed by atoms with van der Waals surface area (Å²) in [6, 6.07) is 7.89. The maximum absolute atomic E-state index is 10.7. The molecular weight excluding hydrogens is 326 g/mol. The monoisotopic (exact) mass is 339 g/mol. The summed E-state index contributed by atoms with van der Waals surface area (Å²) < 4.78 is 0.882. The highest BCUT2D eigenvalue weighted by molar-refractivity contribution is 9.10. The van der Waals surface area contributed by atoms with Gasteiger partial charge in [-0.05, 0) is 43.2 Å². The van der Waals surface area contributed by atoms with Crippen LogP contribution >= 0.6 is 27.5 Å². The molecule has 1 aromatic carbocycles. The SMILES string of the molecule is N#CC1(C(O)c2ccc(Br)cc2Cl)CC2CCC1C2. The Kier molecular flexibility index (Phi) is 3.37. The number of fused-ring (bicyclic) bond motifs is 2. The van der Waals surface area contributed by atoms with Gasteiger partial charge in [0.15, 0.2) is 0 Å². The first kappa shape index (κ1) is 13.4. The fourth-order valence-corrected chi connectivity index (χ4v) is 4.68. The van der Waals surface area contributed by atoms with E-state index in [2.05, 4.69) is 22.0 Å². The second kappa shape index (κ2) is 4.77. The summed E-state index contributed by atoms with van der Waals surface area (Å²) in [5, 5.41) is 20.9. The second-order valence-corrected chi connectivity index (χ2v) is 7.12. The van der Waals surface area contributed by atoms with Gasteiger partial charge in [-0.1, -0.05) is 40.0 Å². The third-order valence-electron chi connectivity index (χ3n) is 4.85. The molecule has 0 aliphatic heterocycles. The molecule has 2 saturated carbocycles. The minimum atomic E-state index is -0.784. The molecule has 4 unspecified atom stereocenters.